The number of aryl methyl sites for hydroxylation is 1. The zero-order valence-electron chi connectivity index (χ0n) is 14.2. The van der Waals surface area contributed by atoms with Crippen molar-refractivity contribution in [2.24, 2.45) is 12.0 Å². The lowest BCUT2D eigenvalue weighted by Gasteiger charge is -2.17. The summed E-state index contributed by atoms with van der Waals surface area (Å²) >= 11 is 0. The maximum atomic E-state index is 5.33. The molecule has 0 fully saturated rings. The third-order valence-electron chi connectivity index (χ3n) is 3.57. The number of nitrogens with zero attached hydrogens (tertiary/aromatic N) is 4. The molecular weight excluding hydrogens is 415 g/mol. The Bertz CT molecular complexity index is 702. The van der Waals surface area contributed by atoms with Crippen LogP contribution in [0.5, 0.6) is 0 Å². The van der Waals surface area contributed by atoms with Gasteiger partial charge in [0.2, 0.25) is 0 Å². The highest BCUT2D eigenvalue weighted by Gasteiger charge is 2.09. The molecule has 1 atom stereocenters. The van der Waals surface area contributed by atoms with E-state index in [4.69, 9.17) is 6.42 Å². The highest BCUT2D eigenvalue weighted by atomic mass is 127. The third-order valence-corrected chi connectivity index (χ3v) is 3.57. The first kappa shape index (κ1) is 20.0. The number of nitrogens with one attached hydrogen (secondary N) is 2. The summed E-state index contributed by atoms with van der Waals surface area (Å²) in [7, 11) is 1.93. The summed E-state index contributed by atoms with van der Waals surface area (Å²) in [6, 6.07) is 10.3. The van der Waals surface area contributed by atoms with E-state index in [9.17, 15) is 0 Å². The van der Waals surface area contributed by atoms with E-state index in [0.717, 1.165) is 11.6 Å². The highest BCUT2D eigenvalue weighted by molar-refractivity contribution is 14.0. The fraction of sp³-hybridized carbons (Fsp3) is 0.353. The second-order valence-electron chi connectivity index (χ2n) is 5.22. The quantitative estimate of drug-likeness (QED) is 0.325. The summed E-state index contributed by atoms with van der Waals surface area (Å²) in [6.45, 7) is 4.83. The van der Waals surface area contributed by atoms with Gasteiger partial charge in [-0.05, 0) is 19.4 Å². The molecule has 0 aliphatic rings. The van der Waals surface area contributed by atoms with E-state index >= 15 is 0 Å². The van der Waals surface area contributed by atoms with E-state index in [0.29, 0.717) is 19.0 Å². The van der Waals surface area contributed by atoms with Gasteiger partial charge in [0.25, 0.3) is 0 Å². The molecule has 1 unspecified atom stereocenters. The zero-order chi connectivity index (χ0) is 16.7. The molecular formula is C17H23IN6. The predicted molar refractivity (Wildman–Crippen MR) is 107 cm³/mol. The van der Waals surface area contributed by atoms with Gasteiger partial charge in [-0.3, -0.25) is 0 Å². The molecule has 0 aliphatic heterocycles. The van der Waals surface area contributed by atoms with Crippen LogP contribution in [0.25, 0.3) is 0 Å². The minimum Gasteiger partial charge on any atom is -0.350 e. The number of rotatable bonds is 5. The molecule has 2 rings (SSSR count). The molecule has 0 bridgehead atoms. The topological polar surface area (TPSA) is 67.1 Å². The molecule has 0 saturated heterocycles. The van der Waals surface area contributed by atoms with Gasteiger partial charge in [0, 0.05) is 7.05 Å². The SMILES string of the molecule is C#CCNC(=NCc1nnc(C)n1C)NC(C)c1ccccc1.I. The van der Waals surface area contributed by atoms with Crippen LogP contribution in [0.4, 0.5) is 0 Å². The number of benzene rings is 1. The Morgan fingerprint density at radius 1 is 1.33 bits per heavy atom. The Morgan fingerprint density at radius 2 is 2.04 bits per heavy atom. The van der Waals surface area contributed by atoms with Gasteiger partial charge < -0.3 is 15.2 Å². The number of halogens is 1. The van der Waals surface area contributed by atoms with E-state index in [1.165, 1.54) is 5.56 Å². The van der Waals surface area contributed by atoms with Crippen LogP contribution < -0.4 is 10.6 Å². The summed E-state index contributed by atoms with van der Waals surface area (Å²) in [6.07, 6.45) is 5.33. The molecule has 0 spiro atoms. The van der Waals surface area contributed by atoms with Crippen molar-refractivity contribution in [1.82, 2.24) is 25.4 Å². The molecule has 128 valence electrons. The first-order valence-electron chi connectivity index (χ1n) is 7.50. The van der Waals surface area contributed by atoms with Crippen molar-refractivity contribution in [3.8, 4) is 12.3 Å². The number of hydrogen-bond acceptors (Lipinski definition) is 3. The van der Waals surface area contributed by atoms with Gasteiger partial charge >= 0.3 is 0 Å². The van der Waals surface area contributed by atoms with Crippen molar-refractivity contribution in [3.63, 3.8) is 0 Å². The number of terminal acetylenes is 1. The van der Waals surface area contributed by atoms with Crippen LogP contribution in [0, 0.1) is 19.3 Å². The van der Waals surface area contributed by atoms with Gasteiger partial charge in [-0.15, -0.1) is 40.6 Å². The molecule has 0 radical (unpaired) electrons. The summed E-state index contributed by atoms with van der Waals surface area (Å²) < 4.78 is 1.92. The van der Waals surface area contributed by atoms with Gasteiger partial charge in [-0.2, -0.15) is 0 Å². The van der Waals surface area contributed by atoms with E-state index in [-0.39, 0.29) is 30.0 Å². The van der Waals surface area contributed by atoms with E-state index in [1.807, 2.05) is 36.7 Å². The maximum Gasteiger partial charge on any atom is 0.192 e. The van der Waals surface area contributed by atoms with Gasteiger partial charge in [0.15, 0.2) is 11.8 Å². The molecule has 1 aromatic carbocycles. The second-order valence-corrected chi connectivity index (χ2v) is 5.22. The standard InChI is InChI=1S/C17H22N6.HI/c1-5-11-18-17(19-12-16-22-21-14(3)23(16)4)20-13(2)15-9-7-6-8-10-15;/h1,6-10,13H,11-12H2,2-4H3,(H2,18,19,20);1H. The minimum atomic E-state index is 0. The number of hydrogen-bond donors (Lipinski definition) is 2. The second kappa shape index (κ2) is 9.93. The molecule has 0 aliphatic carbocycles. The Hall–Kier alpha value is -2.08. The summed E-state index contributed by atoms with van der Waals surface area (Å²) in [4.78, 5) is 4.55. The molecule has 1 aromatic heterocycles. The summed E-state index contributed by atoms with van der Waals surface area (Å²) in [5, 5.41) is 14.6. The highest BCUT2D eigenvalue weighted by Crippen LogP contribution is 2.10. The van der Waals surface area contributed by atoms with Gasteiger partial charge in [0.1, 0.15) is 12.4 Å². The Kier molecular flexibility index (Phi) is 8.26. The largest absolute Gasteiger partial charge is 0.350 e. The lowest BCUT2D eigenvalue weighted by molar-refractivity contribution is 0.685. The van der Waals surface area contributed by atoms with Crippen molar-refractivity contribution >= 4 is 29.9 Å². The molecule has 2 N–H and O–H groups in total. The average Bonchev–Trinajstić information content (AvgIpc) is 2.89. The van der Waals surface area contributed by atoms with Crippen molar-refractivity contribution in [1.29, 1.82) is 0 Å². The van der Waals surface area contributed by atoms with Crippen LogP contribution in [-0.2, 0) is 13.6 Å². The zero-order valence-corrected chi connectivity index (χ0v) is 16.5. The molecule has 6 nitrogen and oxygen atoms in total. The van der Waals surface area contributed by atoms with Crippen LogP contribution in [0.15, 0.2) is 35.3 Å². The van der Waals surface area contributed by atoms with E-state index < -0.39 is 0 Å². The number of aliphatic imine (C=N–C) groups is 1. The molecule has 24 heavy (non-hydrogen) atoms. The van der Waals surface area contributed by atoms with Gasteiger partial charge in [-0.1, -0.05) is 36.3 Å². The van der Waals surface area contributed by atoms with Crippen molar-refractivity contribution in [3.05, 3.63) is 47.5 Å². The lowest BCUT2D eigenvalue weighted by atomic mass is 10.1. The number of aromatic nitrogens is 3. The smallest absolute Gasteiger partial charge is 0.192 e. The normalized spacial score (nSPS) is 12.0. The average molecular weight is 438 g/mol. The molecule has 0 saturated carbocycles. The van der Waals surface area contributed by atoms with E-state index in [1.54, 1.807) is 0 Å². The lowest BCUT2D eigenvalue weighted by Crippen LogP contribution is -2.39. The first-order valence-corrected chi connectivity index (χ1v) is 7.50. The maximum absolute atomic E-state index is 5.33. The molecule has 0 amide bonds. The Morgan fingerprint density at radius 3 is 2.62 bits per heavy atom. The van der Waals surface area contributed by atoms with Crippen molar-refractivity contribution in [2.75, 3.05) is 6.54 Å². The number of guanidine groups is 1. The third kappa shape index (κ3) is 5.53. The molecule has 2 aromatic rings. The first-order chi connectivity index (χ1) is 11.1. The fourth-order valence-corrected chi connectivity index (χ4v) is 2.06. The van der Waals surface area contributed by atoms with Gasteiger partial charge in [0.05, 0.1) is 12.6 Å². The molecule has 7 heteroatoms. The van der Waals surface area contributed by atoms with Gasteiger partial charge in [-0.25, -0.2) is 4.99 Å². The summed E-state index contributed by atoms with van der Waals surface area (Å²) in [5.41, 5.74) is 1.18. The van der Waals surface area contributed by atoms with Crippen LogP contribution in [0.3, 0.4) is 0 Å². The molecule has 1 heterocycles. The van der Waals surface area contributed by atoms with Crippen LogP contribution in [0.2, 0.25) is 0 Å². The minimum absolute atomic E-state index is 0. The Labute approximate surface area is 160 Å². The van der Waals surface area contributed by atoms with E-state index in [2.05, 4.69) is 50.8 Å². The van der Waals surface area contributed by atoms with Crippen LogP contribution in [-0.4, -0.2) is 27.3 Å². The summed E-state index contributed by atoms with van der Waals surface area (Å²) in [5.74, 6) is 4.88. The van der Waals surface area contributed by atoms with Crippen molar-refractivity contribution < 1.29 is 0 Å². The van der Waals surface area contributed by atoms with Crippen LogP contribution >= 0.6 is 24.0 Å². The Balaban J connectivity index is 0.00000288. The van der Waals surface area contributed by atoms with Crippen LogP contribution in [0.1, 0.15) is 30.2 Å². The van der Waals surface area contributed by atoms with Crippen molar-refractivity contribution in [2.45, 2.75) is 26.4 Å². The predicted octanol–water partition coefficient (Wildman–Crippen LogP) is 2.17. The monoisotopic (exact) mass is 438 g/mol. The fourth-order valence-electron chi connectivity index (χ4n) is 2.06.